The highest BCUT2D eigenvalue weighted by Crippen LogP contribution is 2.23. The minimum Gasteiger partial charge on any atom is -0.332 e. The lowest BCUT2D eigenvalue weighted by molar-refractivity contribution is 0.251. The average Bonchev–Trinajstić information content (AvgIpc) is 3.03. The summed E-state index contributed by atoms with van der Waals surface area (Å²) in [5.74, 6) is 0. The number of anilines is 1. The average molecular weight is 294 g/mol. The van der Waals surface area contributed by atoms with Gasteiger partial charge in [-0.3, -0.25) is 5.32 Å². The Morgan fingerprint density at radius 1 is 1.45 bits per heavy atom. The maximum atomic E-state index is 11.9. The van der Waals surface area contributed by atoms with Crippen LogP contribution in [0.5, 0.6) is 0 Å². The molecule has 0 radical (unpaired) electrons. The molecule has 2 rings (SSSR count). The number of hydrogen-bond donors (Lipinski definition) is 2. The van der Waals surface area contributed by atoms with Gasteiger partial charge in [-0.2, -0.15) is 0 Å². The van der Waals surface area contributed by atoms with E-state index in [1.54, 1.807) is 10.9 Å². The summed E-state index contributed by atoms with van der Waals surface area (Å²) in [4.78, 5) is 16.2. The van der Waals surface area contributed by atoms with Gasteiger partial charge in [-0.1, -0.05) is 12.1 Å². The van der Waals surface area contributed by atoms with Crippen LogP contribution in [0.15, 0.2) is 6.20 Å². The number of aryl methyl sites for hydroxylation is 3. The van der Waals surface area contributed by atoms with E-state index in [-0.39, 0.29) is 6.03 Å². The Bertz CT molecular complexity index is 591. The number of carbonyl (C=O) groups is 1. The summed E-state index contributed by atoms with van der Waals surface area (Å²) in [6.45, 7) is 7.03. The van der Waals surface area contributed by atoms with E-state index < -0.39 is 0 Å². The van der Waals surface area contributed by atoms with Crippen molar-refractivity contribution < 1.29 is 4.79 Å². The van der Waals surface area contributed by atoms with Crippen molar-refractivity contribution >= 4 is 22.4 Å². The van der Waals surface area contributed by atoms with E-state index in [1.165, 1.54) is 11.3 Å². The Kier molecular flexibility index (Phi) is 4.67. The summed E-state index contributed by atoms with van der Waals surface area (Å²) in [6, 6.07) is -0.247. The van der Waals surface area contributed by atoms with Crippen LogP contribution >= 0.6 is 11.3 Å². The molecule has 2 heterocycles. The number of thiazole rings is 1. The minimum absolute atomic E-state index is 0.247. The molecule has 7 nitrogen and oxygen atoms in total. The molecule has 0 saturated carbocycles. The molecule has 0 unspecified atom stereocenters. The van der Waals surface area contributed by atoms with Crippen molar-refractivity contribution in [2.24, 2.45) is 0 Å². The summed E-state index contributed by atoms with van der Waals surface area (Å²) in [5.41, 5.74) is 1.72. The largest absolute Gasteiger partial charge is 0.332 e. The minimum atomic E-state index is -0.247. The van der Waals surface area contributed by atoms with Crippen LogP contribution in [0.3, 0.4) is 0 Å². The third-order valence-electron chi connectivity index (χ3n) is 2.80. The number of urea groups is 1. The molecule has 0 atom stereocenters. The molecule has 0 aromatic carbocycles. The summed E-state index contributed by atoms with van der Waals surface area (Å²) in [5, 5.41) is 15.2. The molecule has 0 aliphatic heterocycles. The number of amides is 2. The van der Waals surface area contributed by atoms with Gasteiger partial charge in [0.2, 0.25) is 0 Å². The molecule has 0 saturated heterocycles. The number of carbonyl (C=O) groups excluding carboxylic acids is 1. The van der Waals surface area contributed by atoms with Crippen LogP contribution in [0.2, 0.25) is 0 Å². The topological polar surface area (TPSA) is 84.7 Å². The van der Waals surface area contributed by atoms with E-state index in [4.69, 9.17) is 0 Å². The zero-order valence-corrected chi connectivity index (χ0v) is 12.6. The Balaban J connectivity index is 1.91. The van der Waals surface area contributed by atoms with Gasteiger partial charge in [0.05, 0.1) is 29.1 Å². The van der Waals surface area contributed by atoms with Crippen molar-refractivity contribution in [2.45, 2.75) is 40.3 Å². The van der Waals surface area contributed by atoms with Crippen LogP contribution in [-0.4, -0.2) is 26.0 Å². The van der Waals surface area contributed by atoms with Crippen molar-refractivity contribution in [1.82, 2.24) is 25.3 Å². The van der Waals surface area contributed by atoms with Gasteiger partial charge in [-0.25, -0.2) is 14.5 Å². The van der Waals surface area contributed by atoms with Gasteiger partial charge in [-0.05, 0) is 20.3 Å². The van der Waals surface area contributed by atoms with E-state index in [0.29, 0.717) is 6.54 Å². The third-order valence-corrected chi connectivity index (χ3v) is 4.02. The van der Waals surface area contributed by atoms with E-state index in [9.17, 15) is 4.79 Å². The monoisotopic (exact) mass is 294 g/mol. The number of hydrogen-bond acceptors (Lipinski definition) is 5. The molecule has 2 aromatic rings. The fourth-order valence-electron chi connectivity index (χ4n) is 1.72. The first-order valence-corrected chi connectivity index (χ1v) is 7.34. The van der Waals surface area contributed by atoms with Gasteiger partial charge < -0.3 is 5.32 Å². The van der Waals surface area contributed by atoms with E-state index in [1.807, 2.05) is 20.8 Å². The molecule has 8 heteroatoms. The van der Waals surface area contributed by atoms with Crippen LogP contribution in [0.4, 0.5) is 9.80 Å². The molecule has 2 aromatic heterocycles. The highest BCUT2D eigenvalue weighted by atomic mass is 32.1. The first-order chi connectivity index (χ1) is 9.63. The molecule has 2 amide bonds. The van der Waals surface area contributed by atoms with Crippen molar-refractivity contribution in [1.29, 1.82) is 0 Å². The fourth-order valence-corrected chi connectivity index (χ4v) is 2.62. The third kappa shape index (κ3) is 3.32. The van der Waals surface area contributed by atoms with Gasteiger partial charge in [0.25, 0.3) is 0 Å². The normalized spacial score (nSPS) is 10.6. The first kappa shape index (κ1) is 14.4. The van der Waals surface area contributed by atoms with Crippen molar-refractivity contribution in [3.63, 3.8) is 0 Å². The Hall–Kier alpha value is -1.96. The van der Waals surface area contributed by atoms with Gasteiger partial charge in [0, 0.05) is 6.54 Å². The number of rotatable bonds is 5. The maximum absolute atomic E-state index is 11.9. The number of aromatic nitrogens is 4. The SMILES string of the molecule is CCc1nc(C)c(NC(=O)NCc2cnnn2CC)s1. The Labute approximate surface area is 121 Å². The molecule has 0 spiro atoms. The number of nitrogens with one attached hydrogen (secondary N) is 2. The Morgan fingerprint density at radius 2 is 2.25 bits per heavy atom. The van der Waals surface area contributed by atoms with E-state index >= 15 is 0 Å². The molecule has 2 N–H and O–H groups in total. The van der Waals surface area contributed by atoms with Gasteiger partial charge in [0.15, 0.2) is 0 Å². The van der Waals surface area contributed by atoms with E-state index in [0.717, 1.165) is 34.4 Å². The Morgan fingerprint density at radius 3 is 2.90 bits per heavy atom. The van der Waals surface area contributed by atoms with Crippen LogP contribution in [0.1, 0.15) is 30.2 Å². The van der Waals surface area contributed by atoms with E-state index in [2.05, 4.69) is 25.9 Å². The molecule has 0 fully saturated rings. The molecule has 0 aliphatic rings. The summed E-state index contributed by atoms with van der Waals surface area (Å²) < 4.78 is 1.74. The first-order valence-electron chi connectivity index (χ1n) is 6.52. The van der Waals surface area contributed by atoms with Gasteiger partial charge in [0.1, 0.15) is 5.00 Å². The zero-order chi connectivity index (χ0) is 14.5. The summed E-state index contributed by atoms with van der Waals surface area (Å²) in [7, 11) is 0. The molecule has 108 valence electrons. The lowest BCUT2D eigenvalue weighted by Gasteiger charge is -2.07. The predicted molar refractivity (Wildman–Crippen MR) is 77.8 cm³/mol. The molecule has 20 heavy (non-hydrogen) atoms. The van der Waals surface area contributed by atoms with Crippen LogP contribution in [0, 0.1) is 6.92 Å². The lowest BCUT2D eigenvalue weighted by atomic mass is 10.4. The second-order valence-corrected chi connectivity index (χ2v) is 5.31. The highest BCUT2D eigenvalue weighted by molar-refractivity contribution is 7.16. The smallest absolute Gasteiger partial charge is 0.320 e. The van der Waals surface area contributed by atoms with Gasteiger partial charge in [-0.15, -0.1) is 16.4 Å². The highest BCUT2D eigenvalue weighted by Gasteiger charge is 2.10. The predicted octanol–water partition coefficient (Wildman–Crippen LogP) is 1.95. The fraction of sp³-hybridized carbons (Fsp3) is 0.500. The molecular formula is C12H18N6OS. The lowest BCUT2D eigenvalue weighted by Crippen LogP contribution is -2.29. The summed E-state index contributed by atoms with van der Waals surface area (Å²) >= 11 is 1.51. The molecule has 0 aliphatic carbocycles. The number of nitrogens with zero attached hydrogens (tertiary/aromatic N) is 4. The van der Waals surface area contributed by atoms with Crippen molar-refractivity contribution in [2.75, 3.05) is 5.32 Å². The van der Waals surface area contributed by atoms with Gasteiger partial charge >= 0.3 is 6.03 Å². The summed E-state index contributed by atoms with van der Waals surface area (Å²) in [6.07, 6.45) is 2.52. The zero-order valence-electron chi connectivity index (χ0n) is 11.8. The second kappa shape index (κ2) is 6.47. The maximum Gasteiger partial charge on any atom is 0.320 e. The quantitative estimate of drug-likeness (QED) is 0.882. The standard InChI is InChI=1S/C12H18N6OS/c1-4-10-15-8(3)11(20-10)16-12(19)13-6-9-7-14-17-18(9)5-2/h7H,4-6H2,1-3H3,(H2,13,16,19). The second-order valence-electron chi connectivity index (χ2n) is 4.22. The molecule has 0 bridgehead atoms. The van der Waals surface area contributed by atoms with Crippen LogP contribution < -0.4 is 10.6 Å². The van der Waals surface area contributed by atoms with Crippen molar-refractivity contribution in [3.05, 3.63) is 22.6 Å². The van der Waals surface area contributed by atoms with Crippen LogP contribution in [-0.2, 0) is 19.5 Å². The van der Waals surface area contributed by atoms with Crippen LogP contribution in [0.25, 0.3) is 0 Å². The molecular weight excluding hydrogens is 276 g/mol. The van der Waals surface area contributed by atoms with Crippen molar-refractivity contribution in [3.8, 4) is 0 Å².